The zero-order valence-corrected chi connectivity index (χ0v) is 12.1. The zero-order chi connectivity index (χ0) is 14.4. The van der Waals surface area contributed by atoms with E-state index in [1.807, 2.05) is 21.7 Å². The monoisotopic (exact) mass is 302 g/mol. The molecular formula is C15H14N2O3S. The van der Waals surface area contributed by atoms with E-state index in [9.17, 15) is 9.59 Å². The molecule has 2 saturated heterocycles. The molecule has 0 aliphatic carbocycles. The van der Waals surface area contributed by atoms with Crippen LogP contribution >= 0.6 is 11.3 Å². The standard InChI is InChI=1S/C15H14N2O3S/c18-14(10-1-3-20-8-10)16-5-11-6-17(12-2-4-21-9-12)15(19)13(11)7-16/h1-4,8-9,11,13H,5-7H2/t11-,13-/m0/s1. The number of rotatable bonds is 2. The third-order valence-corrected chi connectivity index (χ3v) is 4.99. The lowest BCUT2D eigenvalue weighted by Gasteiger charge is -2.20. The minimum atomic E-state index is -0.0687. The van der Waals surface area contributed by atoms with Crippen molar-refractivity contribution in [1.29, 1.82) is 0 Å². The molecular weight excluding hydrogens is 288 g/mol. The molecule has 0 N–H and O–H groups in total. The molecule has 0 spiro atoms. The van der Waals surface area contributed by atoms with Crippen LogP contribution in [0, 0.1) is 11.8 Å². The fourth-order valence-corrected chi connectivity index (χ4v) is 3.88. The second-order valence-corrected chi connectivity index (χ2v) is 6.30. The van der Waals surface area contributed by atoms with Crippen LogP contribution in [0.2, 0.25) is 0 Å². The van der Waals surface area contributed by atoms with E-state index >= 15 is 0 Å². The maximum atomic E-state index is 12.5. The summed E-state index contributed by atoms with van der Waals surface area (Å²) in [5.41, 5.74) is 1.53. The first-order chi connectivity index (χ1) is 10.2. The molecule has 2 aliphatic rings. The predicted molar refractivity (Wildman–Crippen MR) is 78.3 cm³/mol. The number of anilines is 1. The molecule has 0 radical (unpaired) electrons. The summed E-state index contributed by atoms with van der Waals surface area (Å²) in [7, 11) is 0. The van der Waals surface area contributed by atoms with Crippen molar-refractivity contribution in [3.63, 3.8) is 0 Å². The van der Waals surface area contributed by atoms with Gasteiger partial charge in [0.25, 0.3) is 5.91 Å². The van der Waals surface area contributed by atoms with Crippen molar-refractivity contribution in [3.05, 3.63) is 41.0 Å². The molecule has 108 valence electrons. The van der Waals surface area contributed by atoms with Crippen LogP contribution < -0.4 is 4.90 Å². The quantitative estimate of drug-likeness (QED) is 0.853. The Bertz CT molecular complexity index is 665. The van der Waals surface area contributed by atoms with Crippen LogP contribution in [0.1, 0.15) is 10.4 Å². The van der Waals surface area contributed by atoms with Gasteiger partial charge < -0.3 is 14.2 Å². The highest BCUT2D eigenvalue weighted by Crippen LogP contribution is 2.36. The lowest BCUT2D eigenvalue weighted by Crippen LogP contribution is -2.35. The van der Waals surface area contributed by atoms with Crippen molar-refractivity contribution in [1.82, 2.24) is 4.90 Å². The molecule has 0 unspecified atom stereocenters. The highest BCUT2D eigenvalue weighted by molar-refractivity contribution is 7.08. The second kappa shape index (κ2) is 4.73. The van der Waals surface area contributed by atoms with Gasteiger partial charge in [-0.25, -0.2) is 0 Å². The lowest BCUT2D eigenvalue weighted by atomic mass is 10.0. The van der Waals surface area contributed by atoms with Gasteiger partial charge in [0.1, 0.15) is 6.26 Å². The lowest BCUT2D eigenvalue weighted by molar-refractivity contribution is -0.120. The highest BCUT2D eigenvalue weighted by atomic mass is 32.1. The van der Waals surface area contributed by atoms with Gasteiger partial charge in [-0.05, 0) is 17.5 Å². The predicted octanol–water partition coefficient (Wildman–Crippen LogP) is 2.08. The smallest absolute Gasteiger partial charge is 0.257 e. The Morgan fingerprint density at radius 3 is 2.86 bits per heavy atom. The number of hydrogen-bond acceptors (Lipinski definition) is 4. The summed E-state index contributed by atoms with van der Waals surface area (Å²) >= 11 is 1.59. The third-order valence-electron chi connectivity index (χ3n) is 4.31. The Morgan fingerprint density at radius 1 is 1.29 bits per heavy atom. The van der Waals surface area contributed by atoms with E-state index in [-0.39, 0.29) is 23.7 Å². The average molecular weight is 302 g/mol. The van der Waals surface area contributed by atoms with Crippen molar-refractivity contribution in [2.45, 2.75) is 0 Å². The van der Waals surface area contributed by atoms with E-state index in [0.29, 0.717) is 25.2 Å². The molecule has 6 heteroatoms. The maximum Gasteiger partial charge on any atom is 0.257 e. The van der Waals surface area contributed by atoms with Gasteiger partial charge in [-0.3, -0.25) is 9.59 Å². The minimum Gasteiger partial charge on any atom is -0.472 e. The summed E-state index contributed by atoms with van der Waals surface area (Å²) in [6.45, 7) is 1.85. The van der Waals surface area contributed by atoms with Crippen LogP contribution in [-0.4, -0.2) is 36.3 Å². The molecule has 4 rings (SSSR count). The third kappa shape index (κ3) is 1.98. The van der Waals surface area contributed by atoms with Gasteiger partial charge in [0, 0.05) is 30.9 Å². The van der Waals surface area contributed by atoms with Crippen LogP contribution in [0.4, 0.5) is 5.69 Å². The molecule has 0 bridgehead atoms. The van der Waals surface area contributed by atoms with Gasteiger partial charge in [-0.1, -0.05) is 0 Å². The fraction of sp³-hybridized carbons (Fsp3) is 0.333. The number of furan rings is 1. The first-order valence-electron chi connectivity index (χ1n) is 6.89. The highest BCUT2D eigenvalue weighted by Gasteiger charge is 2.47. The van der Waals surface area contributed by atoms with Gasteiger partial charge in [0.05, 0.1) is 23.4 Å². The molecule has 4 heterocycles. The molecule has 2 atom stereocenters. The van der Waals surface area contributed by atoms with Crippen LogP contribution in [0.3, 0.4) is 0 Å². The van der Waals surface area contributed by atoms with Crippen molar-refractivity contribution in [3.8, 4) is 0 Å². The number of fused-ring (bicyclic) bond motifs is 1. The summed E-state index contributed by atoms with van der Waals surface area (Å²) < 4.78 is 4.95. The minimum absolute atomic E-state index is 0.0481. The van der Waals surface area contributed by atoms with Crippen LogP contribution in [0.15, 0.2) is 39.8 Å². The molecule has 2 amide bonds. The van der Waals surface area contributed by atoms with Gasteiger partial charge in [0.15, 0.2) is 0 Å². The van der Waals surface area contributed by atoms with Crippen molar-refractivity contribution in [2.75, 3.05) is 24.5 Å². The summed E-state index contributed by atoms with van der Waals surface area (Å²) in [5.74, 6) is 0.253. The first-order valence-corrected chi connectivity index (χ1v) is 7.83. The molecule has 2 aliphatic heterocycles. The van der Waals surface area contributed by atoms with Crippen LogP contribution in [-0.2, 0) is 4.79 Å². The molecule has 5 nitrogen and oxygen atoms in total. The number of carbonyl (C=O) groups is 2. The van der Waals surface area contributed by atoms with Gasteiger partial charge >= 0.3 is 0 Å². The van der Waals surface area contributed by atoms with E-state index < -0.39 is 0 Å². The Balaban J connectivity index is 1.50. The first kappa shape index (κ1) is 12.6. The van der Waals surface area contributed by atoms with E-state index in [1.54, 1.807) is 22.3 Å². The molecule has 21 heavy (non-hydrogen) atoms. The van der Waals surface area contributed by atoms with Crippen LogP contribution in [0.5, 0.6) is 0 Å². The molecule has 2 fully saturated rings. The number of amides is 2. The Kier molecular flexibility index (Phi) is 2.85. The Labute approximate surface area is 125 Å². The number of hydrogen-bond donors (Lipinski definition) is 0. The number of nitrogens with zero attached hydrogens (tertiary/aromatic N) is 2. The summed E-state index contributed by atoms with van der Waals surface area (Å²) in [4.78, 5) is 28.4. The van der Waals surface area contributed by atoms with Gasteiger partial charge in [0.2, 0.25) is 5.91 Å². The molecule has 0 saturated carbocycles. The van der Waals surface area contributed by atoms with Crippen molar-refractivity contribution >= 4 is 28.8 Å². The topological polar surface area (TPSA) is 53.8 Å². The van der Waals surface area contributed by atoms with E-state index in [4.69, 9.17) is 4.42 Å². The zero-order valence-electron chi connectivity index (χ0n) is 11.3. The number of thiophene rings is 1. The van der Waals surface area contributed by atoms with Crippen molar-refractivity contribution in [2.24, 2.45) is 11.8 Å². The Hall–Kier alpha value is -2.08. The summed E-state index contributed by atoms with van der Waals surface area (Å²) in [6.07, 6.45) is 2.95. The Morgan fingerprint density at radius 2 is 2.19 bits per heavy atom. The maximum absolute atomic E-state index is 12.5. The largest absolute Gasteiger partial charge is 0.472 e. The van der Waals surface area contributed by atoms with Crippen LogP contribution in [0.25, 0.3) is 0 Å². The molecule has 0 aromatic carbocycles. The van der Waals surface area contributed by atoms with Crippen molar-refractivity contribution < 1.29 is 14.0 Å². The SMILES string of the molecule is O=C(c1ccoc1)N1C[C@H]2CN(c3ccsc3)C(=O)[C@H]2C1. The number of likely N-dealkylation sites (tertiary alicyclic amines) is 1. The fourth-order valence-electron chi connectivity index (χ4n) is 3.24. The second-order valence-electron chi connectivity index (χ2n) is 5.52. The van der Waals surface area contributed by atoms with E-state index in [1.165, 1.54) is 12.5 Å². The molecule has 2 aromatic rings. The number of carbonyl (C=O) groups excluding carboxylic acids is 2. The van der Waals surface area contributed by atoms with E-state index in [2.05, 4.69) is 0 Å². The summed E-state index contributed by atoms with van der Waals surface area (Å²) in [6, 6.07) is 3.63. The van der Waals surface area contributed by atoms with Gasteiger partial charge in [-0.15, -0.1) is 0 Å². The molecule has 2 aromatic heterocycles. The normalized spacial score (nSPS) is 24.7. The van der Waals surface area contributed by atoms with E-state index in [0.717, 1.165) is 5.69 Å². The average Bonchev–Trinajstić information content (AvgIpc) is 3.25. The van der Waals surface area contributed by atoms with Gasteiger partial charge in [-0.2, -0.15) is 11.3 Å². The summed E-state index contributed by atoms with van der Waals surface area (Å²) in [5, 5.41) is 3.97.